The van der Waals surface area contributed by atoms with E-state index in [1.807, 2.05) is 11.3 Å². The molecular weight excluding hydrogens is 322 g/mol. The van der Waals surface area contributed by atoms with Crippen molar-refractivity contribution in [1.29, 1.82) is 0 Å². The number of thiazole rings is 1. The predicted octanol–water partition coefficient (Wildman–Crippen LogP) is 3.85. The van der Waals surface area contributed by atoms with E-state index in [4.69, 9.17) is 0 Å². The number of hydrogen-bond acceptors (Lipinski definition) is 5. The second-order valence-corrected chi connectivity index (χ2v) is 8.19. The Morgan fingerprint density at radius 3 is 2.52 bits per heavy atom. The van der Waals surface area contributed by atoms with E-state index >= 15 is 0 Å². The standard InChI is InChI=1S/C18H25N3S2/c1-14-6-4-5-7-16(14)21-12-10-20(11-13-21)9-8-17-15(2)19-18(22-3)23-17/h4-7H,8-13H2,1-3H3. The summed E-state index contributed by atoms with van der Waals surface area (Å²) in [5.74, 6) is 0. The first-order valence-corrected chi connectivity index (χ1v) is 10.2. The Bertz CT molecular complexity index is 645. The molecule has 0 saturated carbocycles. The van der Waals surface area contributed by atoms with Crippen LogP contribution in [0.15, 0.2) is 28.6 Å². The number of anilines is 1. The number of nitrogens with zero attached hydrogens (tertiary/aromatic N) is 3. The van der Waals surface area contributed by atoms with Crippen LogP contribution in [0.25, 0.3) is 0 Å². The van der Waals surface area contributed by atoms with E-state index in [0.29, 0.717) is 0 Å². The minimum Gasteiger partial charge on any atom is -0.369 e. The fourth-order valence-electron chi connectivity index (χ4n) is 3.11. The van der Waals surface area contributed by atoms with Gasteiger partial charge < -0.3 is 4.90 Å². The summed E-state index contributed by atoms with van der Waals surface area (Å²) in [6.07, 6.45) is 3.24. The van der Waals surface area contributed by atoms with Crippen molar-refractivity contribution in [2.24, 2.45) is 0 Å². The molecule has 124 valence electrons. The van der Waals surface area contributed by atoms with Gasteiger partial charge in [-0.25, -0.2) is 4.98 Å². The summed E-state index contributed by atoms with van der Waals surface area (Å²) in [5.41, 5.74) is 4.00. The van der Waals surface area contributed by atoms with E-state index in [2.05, 4.69) is 59.2 Å². The minimum atomic E-state index is 1.13. The van der Waals surface area contributed by atoms with Gasteiger partial charge >= 0.3 is 0 Å². The van der Waals surface area contributed by atoms with E-state index in [1.54, 1.807) is 11.8 Å². The molecule has 0 bridgehead atoms. The zero-order valence-corrected chi connectivity index (χ0v) is 15.8. The molecule has 0 unspecified atom stereocenters. The summed E-state index contributed by atoms with van der Waals surface area (Å²) < 4.78 is 1.20. The Labute approximate surface area is 147 Å². The van der Waals surface area contributed by atoms with E-state index in [1.165, 1.54) is 26.2 Å². The highest BCUT2D eigenvalue weighted by Crippen LogP contribution is 2.26. The molecule has 3 nitrogen and oxygen atoms in total. The number of aromatic nitrogens is 1. The van der Waals surface area contributed by atoms with Crippen LogP contribution < -0.4 is 4.90 Å². The number of para-hydroxylation sites is 1. The first-order chi connectivity index (χ1) is 11.2. The smallest absolute Gasteiger partial charge is 0.150 e. The number of piperazine rings is 1. The van der Waals surface area contributed by atoms with E-state index < -0.39 is 0 Å². The summed E-state index contributed by atoms with van der Waals surface area (Å²) in [5, 5.41) is 0. The molecule has 1 aliphatic rings. The maximum absolute atomic E-state index is 4.61. The second kappa shape index (κ2) is 7.69. The van der Waals surface area contributed by atoms with Crippen LogP contribution in [0, 0.1) is 13.8 Å². The number of thioether (sulfide) groups is 1. The molecule has 3 rings (SSSR count). The molecule has 5 heteroatoms. The number of aryl methyl sites for hydroxylation is 2. The average molecular weight is 348 g/mol. The van der Waals surface area contributed by atoms with Crippen molar-refractivity contribution in [2.75, 3.05) is 43.9 Å². The Hall–Kier alpha value is -1.04. The molecule has 0 radical (unpaired) electrons. The third kappa shape index (κ3) is 4.08. The highest BCUT2D eigenvalue weighted by molar-refractivity contribution is 8.00. The van der Waals surface area contributed by atoms with Gasteiger partial charge in [-0.1, -0.05) is 30.0 Å². The van der Waals surface area contributed by atoms with Gasteiger partial charge in [-0.3, -0.25) is 4.90 Å². The summed E-state index contributed by atoms with van der Waals surface area (Å²) in [6.45, 7) is 10.1. The lowest BCUT2D eigenvalue weighted by Gasteiger charge is -2.36. The van der Waals surface area contributed by atoms with Crippen LogP contribution in [-0.4, -0.2) is 48.9 Å². The van der Waals surface area contributed by atoms with Crippen molar-refractivity contribution in [3.63, 3.8) is 0 Å². The molecular formula is C18H25N3S2. The van der Waals surface area contributed by atoms with Crippen LogP contribution in [0.2, 0.25) is 0 Å². The van der Waals surface area contributed by atoms with Gasteiger partial charge in [0.15, 0.2) is 0 Å². The van der Waals surface area contributed by atoms with Crippen molar-refractivity contribution < 1.29 is 0 Å². The highest BCUT2D eigenvalue weighted by Gasteiger charge is 2.18. The minimum absolute atomic E-state index is 1.13. The van der Waals surface area contributed by atoms with E-state index in [9.17, 15) is 0 Å². The quantitative estimate of drug-likeness (QED) is 0.765. The second-order valence-electron chi connectivity index (χ2n) is 6.06. The van der Waals surface area contributed by atoms with Gasteiger partial charge in [-0.15, -0.1) is 11.3 Å². The summed E-state index contributed by atoms with van der Waals surface area (Å²) in [4.78, 5) is 11.2. The average Bonchev–Trinajstić information content (AvgIpc) is 2.94. The normalized spacial score (nSPS) is 16.0. The topological polar surface area (TPSA) is 19.4 Å². The summed E-state index contributed by atoms with van der Waals surface area (Å²) >= 11 is 3.61. The molecule has 23 heavy (non-hydrogen) atoms. The summed E-state index contributed by atoms with van der Waals surface area (Å²) in [7, 11) is 0. The molecule has 0 N–H and O–H groups in total. The first kappa shape index (κ1) is 16.8. The molecule has 0 amide bonds. The molecule has 1 aromatic heterocycles. The van der Waals surface area contributed by atoms with Crippen molar-refractivity contribution in [2.45, 2.75) is 24.6 Å². The highest BCUT2D eigenvalue weighted by atomic mass is 32.2. The lowest BCUT2D eigenvalue weighted by atomic mass is 10.1. The van der Waals surface area contributed by atoms with Gasteiger partial charge in [0.1, 0.15) is 4.34 Å². The molecule has 1 saturated heterocycles. The monoisotopic (exact) mass is 347 g/mol. The Morgan fingerprint density at radius 2 is 1.87 bits per heavy atom. The van der Waals surface area contributed by atoms with Crippen molar-refractivity contribution in [3.05, 3.63) is 40.4 Å². The van der Waals surface area contributed by atoms with E-state index in [0.717, 1.165) is 39.1 Å². The Morgan fingerprint density at radius 1 is 1.13 bits per heavy atom. The number of rotatable bonds is 5. The van der Waals surface area contributed by atoms with Crippen LogP contribution in [0.3, 0.4) is 0 Å². The third-order valence-electron chi connectivity index (χ3n) is 4.53. The molecule has 2 aromatic rings. The SMILES string of the molecule is CSc1nc(C)c(CCN2CCN(c3ccccc3C)CC2)s1. The van der Waals surface area contributed by atoms with Crippen LogP contribution >= 0.6 is 23.1 Å². The largest absolute Gasteiger partial charge is 0.369 e. The van der Waals surface area contributed by atoms with Crippen LogP contribution in [0.5, 0.6) is 0 Å². The Kier molecular flexibility index (Phi) is 5.62. The van der Waals surface area contributed by atoms with Gasteiger partial charge in [-0.05, 0) is 38.2 Å². The molecule has 0 spiro atoms. The molecule has 1 fully saturated rings. The number of benzene rings is 1. The van der Waals surface area contributed by atoms with Crippen LogP contribution in [0.4, 0.5) is 5.69 Å². The van der Waals surface area contributed by atoms with Gasteiger partial charge in [0, 0.05) is 43.3 Å². The maximum Gasteiger partial charge on any atom is 0.150 e. The lowest BCUT2D eigenvalue weighted by molar-refractivity contribution is 0.261. The van der Waals surface area contributed by atoms with Gasteiger partial charge in [0.05, 0.1) is 5.69 Å². The molecule has 1 aromatic carbocycles. The molecule has 2 heterocycles. The fraction of sp³-hybridized carbons (Fsp3) is 0.500. The maximum atomic E-state index is 4.61. The zero-order valence-electron chi connectivity index (χ0n) is 14.2. The fourth-order valence-corrected chi connectivity index (χ4v) is 4.75. The van der Waals surface area contributed by atoms with E-state index in [-0.39, 0.29) is 0 Å². The van der Waals surface area contributed by atoms with Crippen LogP contribution in [-0.2, 0) is 6.42 Å². The van der Waals surface area contributed by atoms with Crippen LogP contribution in [0.1, 0.15) is 16.1 Å². The first-order valence-electron chi connectivity index (χ1n) is 8.20. The van der Waals surface area contributed by atoms with Crippen molar-refractivity contribution >= 4 is 28.8 Å². The van der Waals surface area contributed by atoms with Crippen molar-refractivity contribution in [1.82, 2.24) is 9.88 Å². The summed E-state index contributed by atoms with van der Waals surface area (Å²) in [6, 6.07) is 8.72. The lowest BCUT2D eigenvalue weighted by Crippen LogP contribution is -2.47. The van der Waals surface area contributed by atoms with Gasteiger partial charge in [-0.2, -0.15) is 0 Å². The van der Waals surface area contributed by atoms with Crippen molar-refractivity contribution in [3.8, 4) is 0 Å². The Balaban J connectivity index is 1.51. The molecule has 0 atom stereocenters. The zero-order chi connectivity index (χ0) is 16.2. The van der Waals surface area contributed by atoms with Gasteiger partial charge in [0.25, 0.3) is 0 Å². The number of hydrogen-bond donors (Lipinski definition) is 0. The molecule has 0 aliphatic carbocycles. The third-order valence-corrected chi connectivity index (χ3v) is 6.73. The molecule has 1 aliphatic heterocycles. The van der Waals surface area contributed by atoms with Gasteiger partial charge in [0.2, 0.25) is 0 Å². The predicted molar refractivity (Wildman–Crippen MR) is 102 cm³/mol.